The molecular formula is C16H23NO5. The molecule has 0 radical (unpaired) electrons. The lowest BCUT2D eigenvalue weighted by Gasteiger charge is -2.32. The first-order valence-electron chi connectivity index (χ1n) is 7.44. The highest BCUT2D eigenvalue weighted by Gasteiger charge is 2.30. The fourth-order valence-electron chi connectivity index (χ4n) is 2.31. The Morgan fingerprint density at radius 3 is 2.91 bits per heavy atom. The van der Waals surface area contributed by atoms with Crippen molar-refractivity contribution in [3.05, 3.63) is 23.8 Å². The first-order valence-corrected chi connectivity index (χ1v) is 7.44. The van der Waals surface area contributed by atoms with Gasteiger partial charge in [-0.3, -0.25) is 4.79 Å². The molecule has 122 valence electrons. The number of anilines is 1. The van der Waals surface area contributed by atoms with Gasteiger partial charge in [0, 0.05) is 14.0 Å². The molecule has 1 aromatic rings. The third kappa shape index (κ3) is 4.35. The van der Waals surface area contributed by atoms with Crippen LogP contribution in [0.25, 0.3) is 0 Å². The van der Waals surface area contributed by atoms with Crippen LogP contribution in [-0.2, 0) is 20.9 Å². The van der Waals surface area contributed by atoms with Gasteiger partial charge in [-0.25, -0.2) is 0 Å². The van der Waals surface area contributed by atoms with Crippen LogP contribution in [0.4, 0.5) is 5.69 Å². The maximum Gasteiger partial charge on any atom is 0.302 e. The second-order valence-corrected chi connectivity index (χ2v) is 5.44. The van der Waals surface area contributed by atoms with E-state index in [2.05, 4.69) is 5.32 Å². The molecule has 0 amide bonds. The molecule has 2 rings (SSSR count). The number of rotatable bonds is 5. The third-order valence-electron chi connectivity index (χ3n) is 3.55. The summed E-state index contributed by atoms with van der Waals surface area (Å²) in [6.07, 6.45) is 0.235. The average Bonchev–Trinajstić information content (AvgIpc) is 2.49. The van der Waals surface area contributed by atoms with Crippen LogP contribution in [0.2, 0.25) is 0 Å². The molecule has 6 heteroatoms. The van der Waals surface area contributed by atoms with Gasteiger partial charge in [-0.2, -0.15) is 0 Å². The number of nitrogens with one attached hydrogen (secondary N) is 1. The Morgan fingerprint density at radius 1 is 1.45 bits per heavy atom. The lowest BCUT2D eigenvalue weighted by molar-refractivity contribution is -0.196. The molecule has 1 heterocycles. The zero-order valence-corrected chi connectivity index (χ0v) is 13.2. The topological polar surface area (TPSA) is 77.0 Å². The summed E-state index contributed by atoms with van der Waals surface area (Å²) >= 11 is 0. The number of carbonyl (C=O) groups excluding carboxylic acids is 1. The molecule has 1 saturated heterocycles. The fraction of sp³-hybridized carbons (Fsp3) is 0.562. The van der Waals surface area contributed by atoms with Crippen molar-refractivity contribution in [2.24, 2.45) is 0 Å². The summed E-state index contributed by atoms with van der Waals surface area (Å²) in [5.41, 5.74) is 1.60. The number of ether oxygens (including phenoxy) is 3. The molecule has 1 aliphatic rings. The van der Waals surface area contributed by atoms with Gasteiger partial charge in [0.1, 0.15) is 18.5 Å². The van der Waals surface area contributed by atoms with Crippen molar-refractivity contribution in [3.8, 4) is 5.75 Å². The van der Waals surface area contributed by atoms with Crippen LogP contribution >= 0.6 is 0 Å². The summed E-state index contributed by atoms with van der Waals surface area (Å²) in [4.78, 5) is 10.9. The molecule has 1 aromatic carbocycles. The minimum Gasteiger partial charge on any atom is -0.461 e. The van der Waals surface area contributed by atoms with Crippen molar-refractivity contribution in [3.63, 3.8) is 0 Å². The Bertz CT molecular complexity index is 519. The van der Waals surface area contributed by atoms with Crippen LogP contribution in [-0.4, -0.2) is 36.6 Å². The summed E-state index contributed by atoms with van der Waals surface area (Å²) in [6.45, 7) is 3.55. The lowest BCUT2D eigenvalue weighted by atomic mass is 10.1. The molecular weight excluding hydrogens is 286 g/mol. The van der Waals surface area contributed by atoms with Gasteiger partial charge in [-0.15, -0.1) is 0 Å². The monoisotopic (exact) mass is 309 g/mol. The highest BCUT2D eigenvalue weighted by Crippen LogP contribution is 2.30. The molecule has 1 aliphatic heterocycles. The maximum atomic E-state index is 10.9. The number of benzene rings is 1. The highest BCUT2D eigenvalue weighted by atomic mass is 16.7. The molecule has 6 nitrogen and oxygen atoms in total. The quantitative estimate of drug-likeness (QED) is 0.811. The summed E-state index contributed by atoms with van der Waals surface area (Å²) in [7, 11) is 1.78. The van der Waals surface area contributed by atoms with E-state index < -0.39 is 12.4 Å². The van der Waals surface area contributed by atoms with E-state index in [9.17, 15) is 9.90 Å². The number of esters is 1. The van der Waals surface area contributed by atoms with Gasteiger partial charge in [-0.1, -0.05) is 6.07 Å². The first kappa shape index (κ1) is 16.6. The Labute approximate surface area is 130 Å². The smallest absolute Gasteiger partial charge is 0.302 e. The molecule has 2 N–H and O–H groups in total. The van der Waals surface area contributed by atoms with Crippen LogP contribution in [0.3, 0.4) is 0 Å². The molecule has 0 bridgehead atoms. The highest BCUT2D eigenvalue weighted by molar-refractivity contribution is 5.66. The van der Waals surface area contributed by atoms with Crippen LogP contribution in [0, 0.1) is 0 Å². The molecule has 0 aliphatic carbocycles. The summed E-state index contributed by atoms with van der Waals surface area (Å²) in [6, 6.07) is 5.44. The van der Waals surface area contributed by atoms with Crippen molar-refractivity contribution in [1.82, 2.24) is 0 Å². The Morgan fingerprint density at radius 2 is 2.23 bits per heavy atom. The van der Waals surface area contributed by atoms with E-state index >= 15 is 0 Å². The van der Waals surface area contributed by atoms with Gasteiger partial charge in [0.15, 0.2) is 0 Å². The van der Waals surface area contributed by atoms with Crippen molar-refractivity contribution >= 4 is 11.7 Å². The average molecular weight is 309 g/mol. The van der Waals surface area contributed by atoms with Crippen molar-refractivity contribution in [2.45, 2.75) is 51.8 Å². The zero-order valence-electron chi connectivity index (χ0n) is 13.2. The normalized spacial score (nSPS) is 24.6. The largest absolute Gasteiger partial charge is 0.461 e. The van der Waals surface area contributed by atoms with E-state index in [1.165, 1.54) is 6.92 Å². The summed E-state index contributed by atoms with van der Waals surface area (Å²) in [5.74, 6) is 0.270. The Kier molecular flexibility index (Phi) is 5.63. The van der Waals surface area contributed by atoms with Crippen LogP contribution in [0.1, 0.15) is 32.3 Å². The minimum absolute atomic E-state index is 0.0645. The third-order valence-corrected chi connectivity index (χ3v) is 3.55. The Balaban J connectivity index is 2.08. The second-order valence-electron chi connectivity index (χ2n) is 5.44. The fourth-order valence-corrected chi connectivity index (χ4v) is 2.31. The standard InChI is InChI=1S/C16H23NO5/c1-10-4-6-14(19)16(21-10)22-15-7-5-12(8-13(15)17-3)9-20-11(2)18/h5,7-8,10,14,16-17,19H,4,6,9H2,1-3H3/t10-,14-,16?/m1/s1. The van der Waals surface area contributed by atoms with E-state index in [0.29, 0.717) is 12.2 Å². The van der Waals surface area contributed by atoms with Crippen molar-refractivity contribution in [2.75, 3.05) is 12.4 Å². The number of carbonyl (C=O) groups is 1. The SMILES string of the molecule is CNc1cc(COC(C)=O)ccc1OC1O[C@H](C)CC[C@H]1O. The molecule has 0 aromatic heterocycles. The minimum atomic E-state index is -0.671. The molecule has 22 heavy (non-hydrogen) atoms. The van der Waals surface area contributed by atoms with Gasteiger partial charge in [0.05, 0.1) is 11.8 Å². The van der Waals surface area contributed by atoms with Gasteiger partial charge in [-0.05, 0) is 37.5 Å². The number of hydrogen-bond donors (Lipinski definition) is 2. The zero-order chi connectivity index (χ0) is 16.1. The predicted octanol–water partition coefficient (Wildman–Crippen LogP) is 2.06. The lowest BCUT2D eigenvalue weighted by Crippen LogP contribution is -2.41. The van der Waals surface area contributed by atoms with Crippen LogP contribution in [0.5, 0.6) is 5.75 Å². The van der Waals surface area contributed by atoms with Crippen molar-refractivity contribution < 1.29 is 24.1 Å². The van der Waals surface area contributed by atoms with Crippen LogP contribution in [0.15, 0.2) is 18.2 Å². The summed E-state index contributed by atoms with van der Waals surface area (Å²) < 4.78 is 16.4. The predicted molar refractivity (Wildman–Crippen MR) is 81.7 cm³/mol. The molecule has 1 unspecified atom stereocenters. The van der Waals surface area contributed by atoms with Crippen molar-refractivity contribution in [1.29, 1.82) is 0 Å². The van der Waals surface area contributed by atoms with E-state index in [0.717, 1.165) is 17.7 Å². The maximum absolute atomic E-state index is 10.9. The van der Waals surface area contributed by atoms with Gasteiger partial charge in [0.25, 0.3) is 0 Å². The van der Waals surface area contributed by atoms with E-state index in [1.54, 1.807) is 13.1 Å². The number of hydrogen-bond acceptors (Lipinski definition) is 6. The molecule has 0 spiro atoms. The molecule has 1 fully saturated rings. The molecule has 0 saturated carbocycles. The van der Waals surface area contributed by atoms with E-state index in [1.807, 2.05) is 19.1 Å². The van der Waals surface area contributed by atoms with Crippen LogP contribution < -0.4 is 10.1 Å². The van der Waals surface area contributed by atoms with Gasteiger partial charge >= 0.3 is 5.97 Å². The summed E-state index contributed by atoms with van der Waals surface area (Å²) in [5, 5.41) is 13.0. The van der Waals surface area contributed by atoms with E-state index in [-0.39, 0.29) is 18.7 Å². The number of aliphatic hydroxyl groups is 1. The van der Waals surface area contributed by atoms with Gasteiger partial charge in [0.2, 0.25) is 6.29 Å². The molecule has 3 atom stereocenters. The first-order chi connectivity index (χ1) is 10.5. The van der Waals surface area contributed by atoms with E-state index in [4.69, 9.17) is 14.2 Å². The number of aliphatic hydroxyl groups excluding tert-OH is 1. The van der Waals surface area contributed by atoms with Gasteiger partial charge < -0.3 is 24.6 Å². The Hall–Kier alpha value is -1.79. The second kappa shape index (κ2) is 7.47.